The zero-order valence-corrected chi connectivity index (χ0v) is 17.5. The Labute approximate surface area is 177 Å². The van der Waals surface area contributed by atoms with Crippen molar-refractivity contribution in [2.75, 3.05) is 13.1 Å². The summed E-state index contributed by atoms with van der Waals surface area (Å²) in [6, 6.07) is 23.6. The molecule has 152 valence electrons. The van der Waals surface area contributed by atoms with Gasteiger partial charge in [0, 0.05) is 50.0 Å². The van der Waals surface area contributed by atoms with Crippen LogP contribution in [0.1, 0.15) is 18.1 Å². The highest BCUT2D eigenvalue weighted by Crippen LogP contribution is 2.30. The molecule has 30 heavy (non-hydrogen) atoms. The average molecular weight is 398 g/mol. The van der Waals surface area contributed by atoms with Crippen LogP contribution in [0.3, 0.4) is 0 Å². The van der Waals surface area contributed by atoms with Crippen molar-refractivity contribution in [2.45, 2.75) is 20.4 Å². The molecular formula is C26H27N3O. The number of benzene rings is 2. The van der Waals surface area contributed by atoms with Crippen LogP contribution >= 0.6 is 0 Å². The van der Waals surface area contributed by atoms with Gasteiger partial charge in [-0.15, -0.1) is 0 Å². The number of hydrogen-bond donors (Lipinski definition) is 2. The van der Waals surface area contributed by atoms with Gasteiger partial charge >= 0.3 is 0 Å². The molecule has 4 heteroatoms. The summed E-state index contributed by atoms with van der Waals surface area (Å²) in [6.07, 6.45) is 4.34. The number of rotatable bonds is 7. The number of carbonyl (C=O) groups is 1. The van der Waals surface area contributed by atoms with Crippen LogP contribution in [-0.4, -0.2) is 23.4 Å². The first-order valence-electron chi connectivity index (χ1n) is 10.3. The maximum atomic E-state index is 10.9. The predicted molar refractivity (Wildman–Crippen MR) is 123 cm³/mol. The largest absolute Gasteiger partial charge is 0.355 e. The number of amides is 1. The molecule has 0 radical (unpaired) electrons. The van der Waals surface area contributed by atoms with E-state index in [0.29, 0.717) is 6.54 Å². The van der Waals surface area contributed by atoms with E-state index in [1.165, 1.54) is 45.8 Å². The minimum absolute atomic E-state index is 0.00489. The smallest absolute Gasteiger partial charge is 0.216 e. The van der Waals surface area contributed by atoms with Crippen molar-refractivity contribution in [1.82, 2.24) is 15.0 Å². The summed E-state index contributed by atoms with van der Waals surface area (Å²) in [4.78, 5) is 10.9. The molecule has 4 aromatic rings. The number of nitrogens with zero attached hydrogens (tertiary/aromatic N) is 1. The molecule has 0 saturated carbocycles. The standard InChI is InChI=1S/C26H27N3O/c1-19-25(22-8-4-3-5-9-22)11-14-29-18-24(16-26(19)29)23-10-6-7-21(15-23)17-27-12-13-28-20(2)30/h3-11,14-16,18,27H,12-13,17H2,1-2H3,(H,28,30). The van der Waals surface area contributed by atoms with E-state index in [4.69, 9.17) is 0 Å². The van der Waals surface area contributed by atoms with E-state index in [1.807, 2.05) is 0 Å². The maximum Gasteiger partial charge on any atom is 0.216 e. The van der Waals surface area contributed by atoms with Crippen LogP contribution in [0.5, 0.6) is 0 Å². The Hall–Kier alpha value is -3.37. The molecular weight excluding hydrogens is 370 g/mol. The first-order valence-corrected chi connectivity index (χ1v) is 10.3. The van der Waals surface area contributed by atoms with Crippen molar-refractivity contribution < 1.29 is 4.79 Å². The lowest BCUT2D eigenvalue weighted by Crippen LogP contribution is -2.29. The Morgan fingerprint density at radius 3 is 2.50 bits per heavy atom. The van der Waals surface area contributed by atoms with Gasteiger partial charge in [0.15, 0.2) is 0 Å². The zero-order chi connectivity index (χ0) is 20.9. The summed E-state index contributed by atoms with van der Waals surface area (Å²) >= 11 is 0. The Kier molecular flexibility index (Phi) is 5.96. The van der Waals surface area contributed by atoms with Gasteiger partial charge in [-0.25, -0.2) is 0 Å². The molecule has 2 N–H and O–H groups in total. The fourth-order valence-electron chi connectivity index (χ4n) is 3.83. The number of nitrogens with one attached hydrogen (secondary N) is 2. The number of hydrogen-bond acceptors (Lipinski definition) is 2. The van der Waals surface area contributed by atoms with Gasteiger partial charge < -0.3 is 15.0 Å². The number of aryl methyl sites for hydroxylation is 1. The Balaban J connectivity index is 1.55. The molecule has 0 bridgehead atoms. The third kappa shape index (κ3) is 4.44. The van der Waals surface area contributed by atoms with Gasteiger partial charge in [-0.3, -0.25) is 4.79 Å². The second-order valence-electron chi connectivity index (χ2n) is 7.60. The highest BCUT2D eigenvalue weighted by molar-refractivity contribution is 5.79. The summed E-state index contributed by atoms with van der Waals surface area (Å²) < 4.78 is 2.20. The highest BCUT2D eigenvalue weighted by Gasteiger charge is 2.09. The third-order valence-corrected chi connectivity index (χ3v) is 5.39. The molecule has 0 fully saturated rings. The third-order valence-electron chi connectivity index (χ3n) is 5.39. The van der Waals surface area contributed by atoms with E-state index in [-0.39, 0.29) is 5.91 Å². The van der Waals surface area contributed by atoms with Crippen molar-refractivity contribution in [2.24, 2.45) is 0 Å². The van der Waals surface area contributed by atoms with Crippen molar-refractivity contribution in [3.63, 3.8) is 0 Å². The molecule has 0 aliphatic carbocycles. The van der Waals surface area contributed by atoms with Crippen LogP contribution in [-0.2, 0) is 11.3 Å². The molecule has 4 rings (SSSR count). The Morgan fingerprint density at radius 1 is 0.900 bits per heavy atom. The molecule has 0 unspecified atom stereocenters. The molecule has 2 heterocycles. The molecule has 0 aliphatic heterocycles. The average Bonchev–Trinajstić information content (AvgIpc) is 3.20. The summed E-state index contributed by atoms with van der Waals surface area (Å²) in [6.45, 7) is 5.90. The van der Waals surface area contributed by atoms with E-state index < -0.39 is 0 Å². The van der Waals surface area contributed by atoms with E-state index >= 15 is 0 Å². The Bertz CT molecular complexity index is 1160. The fourth-order valence-corrected chi connectivity index (χ4v) is 3.83. The number of aromatic nitrogens is 1. The second kappa shape index (κ2) is 8.97. The number of fused-ring (bicyclic) bond motifs is 1. The van der Waals surface area contributed by atoms with E-state index in [2.05, 4.69) is 101 Å². The molecule has 4 nitrogen and oxygen atoms in total. The quantitative estimate of drug-likeness (QED) is 0.440. The van der Waals surface area contributed by atoms with Crippen molar-refractivity contribution in [3.8, 4) is 22.3 Å². The summed E-state index contributed by atoms with van der Waals surface area (Å²) in [5.41, 5.74) is 8.67. The lowest BCUT2D eigenvalue weighted by molar-refractivity contribution is -0.118. The van der Waals surface area contributed by atoms with Crippen LogP contribution in [0.4, 0.5) is 0 Å². The van der Waals surface area contributed by atoms with Gasteiger partial charge in [-0.05, 0) is 52.9 Å². The van der Waals surface area contributed by atoms with E-state index in [1.54, 1.807) is 0 Å². The van der Waals surface area contributed by atoms with Crippen LogP contribution in [0.15, 0.2) is 79.1 Å². The molecule has 1 amide bonds. The van der Waals surface area contributed by atoms with Crippen LogP contribution in [0.25, 0.3) is 27.8 Å². The number of pyridine rings is 1. The fraction of sp³-hybridized carbons (Fsp3) is 0.192. The SMILES string of the molecule is CC(=O)NCCNCc1cccc(-c2cc3c(C)c(-c4ccccc4)ccn3c2)c1. The van der Waals surface area contributed by atoms with E-state index in [0.717, 1.165) is 13.1 Å². The molecule has 2 aromatic carbocycles. The molecule has 0 aliphatic rings. The first-order chi connectivity index (χ1) is 14.6. The first kappa shape index (κ1) is 19.9. The van der Waals surface area contributed by atoms with Crippen molar-refractivity contribution >= 4 is 11.4 Å². The number of carbonyl (C=O) groups excluding carboxylic acids is 1. The van der Waals surface area contributed by atoms with E-state index in [9.17, 15) is 4.79 Å². The van der Waals surface area contributed by atoms with Crippen LogP contribution in [0.2, 0.25) is 0 Å². The van der Waals surface area contributed by atoms with Gasteiger partial charge in [0.05, 0.1) is 0 Å². The molecule has 2 aromatic heterocycles. The molecule has 0 atom stereocenters. The monoisotopic (exact) mass is 397 g/mol. The van der Waals surface area contributed by atoms with Gasteiger partial charge in [0.2, 0.25) is 5.91 Å². The van der Waals surface area contributed by atoms with Gasteiger partial charge in [0.1, 0.15) is 0 Å². The minimum atomic E-state index is 0.00489. The van der Waals surface area contributed by atoms with Crippen LogP contribution < -0.4 is 10.6 Å². The van der Waals surface area contributed by atoms with Gasteiger partial charge in [0.25, 0.3) is 0 Å². The topological polar surface area (TPSA) is 45.5 Å². The Morgan fingerprint density at radius 2 is 1.70 bits per heavy atom. The predicted octanol–water partition coefficient (Wildman–Crippen LogP) is 4.81. The lowest BCUT2D eigenvalue weighted by Gasteiger charge is -2.08. The zero-order valence-electron chi connectivity index (χ0n) is 17.5. The molecule has 0 saturated heterocycles. The molecule has 0 spiro atoms. The highest BCUT2D eigenvalue weighted by atomic mass is 16.1. The van der Waals surface area contributed by atoms with Crippen molar-refractivity contribution in [1.29, 1.82) is 0 Å². The van der Waals surface area contributed by atoms with Gasteiger partial charge in [-0.1, -0.05) is 48.5 Å². The summed E-state index contributed by atoms with van der Waals surface area (Å²) in [5, 5.41) is 6.18. The van der Waals surface area contributed by atoms with Gasteiger partial charge in [-0.2, -0.15) is 0 Å². The summed E-state index contributed by atoms with van der Waals surface area (Å²) in [5.74, 6) is 0.00489. The van der Waals surface area contributed by atoms with Crippen LogP contribution in [0, 0.1) is 6.92 Å². The van der Waals surface area contributed by atoms with Crippen molar-refractivity contribution in [3.05, 3.63) is 90.3 Å². The lowest BCUT2D eigenvalue weighted by atomic mass is 10.0. The maximum absolute atomic E-state index is 10.9. The normalized spacial score (nSPS) is 11.0. The second-order valence-corrected chi connectivity index (χ2v) is 7.60. The minimum Gasteiger partial charge on any atom is -0.355 e. The summed E-state index contributed by atoms with van der Waals surface area (Å²) in [7, 11) is 0.